The zero-order valence-corrected chi connectivity index (χ0v) is 16.4. The molecule has 1 saturated heterocycles. The number of hydrogen-bond acceptors (Lipinski definition) is 8. The number of furan rings is 1. The summed E-state index contributed by atoms with van der Waals surface area (Å²) in [6.07, 6.45) is 6.65. The van der Waals surface area contributed by atoms with E-state index in [9.17, 15) is 0 Å². The number of ether oxygens (including phenoxy) is 1. The molecule has 3 aromatic rings. The van der Waals surface area contributed by atoms with E-state index in [4.69, 9.17) is 14.1 Å². The molecule has 0 aliphatic carbocycles. The Bertz CT molecular complexity index is 885. The molecular formula is C19H27N7O2. The van der Waals surface area contributed by atoms with Crippen LogP contribution in [0.3, 0.4) is 0 Å². The zero-order valence-electron chi connectivity index (χ0n) is 16.4. The van der Waals surface area contributed by atoms with E-state index in [1.54, 1.807) is 12.6 Å². The summed E-state index contributed by atoms with van der Waals surface area (Å²) in [6.45, 7) is 2.95. The Kier molecular flexibility index (Phi) is 5.73. The first-order chi connectivity index (χ1) is 13.7. The lowest BCUT2D eigenvalue weighted by atomic mass is 10.2. The fourth-order valence-electron chi connectivity index (χ4n) is 3.25. The molecule has 0 spiro atoms. The van der Waals surface area contributed by atoms with Crippen LogP contribution < -0.4 is 10.6 Å². The Labute approximate surface area is 164 Å². The molecule has 1 aliphatic heterocycles. The van der Waals surface area contributed by atoms with Crippen LogP contribution in [0.15, 0.2) is 29.1 Å². The monoisotopic (exact) mass is 385 g/mol. The van der Waals surface area contributed by atoms with Crippen LogP contribution >= 0.6 is 0 Å². The van der Waals surface area contributed by atoms with E-state index in [2.05, 4.69) is 25.5 Å². The van der Waals surface area contributed by atoms with E-state index >= 15 is 0 Å². The van der Waals surface area contributed by atoms with Crippen molar-refractivity contribution in [2.24, 2.45) is 0 Å². The van der Waals surface area contributed by atoms with Crippen molar-refractivity contribution in [1.82, 2.24) is 24.4 Å². The van der Waals surface area contributed by atoms with Gasteiger partial charge in [0, 0.05) is 19.7 Å². The van der Waals surface area contributed by atoms with Crippen molar-refractivity contribution in [1.29, 1.82) is 0 Å². The predicted molar refractivity (Wildman–Crippen MR) is 107 cm³/mol. The van der Waals surface area contributed by atoms with Crippen LogP contribution in [0.5, 0.6) is 0 Å². The van der Waals surface area contributed by atoms with Gasteiger partial charge in [0.25, 0.3) is 0 Å². The molecule has 1 unspecified atom stereocenters. The minimum atomic E-state index is -0.0267. The van der Waals surface area contributed by atoms with E-state index in [1.807, 2.05) is 30.8 Å². The highest BCUT2D eigenvalue weighted by molar-refractivity contribution is 5.84. The maximum atomic E-state index is 5.94. The lowest BCUT2D eigenvalue weighted by Gasteiger charge is -2.24. The molecule has 1 aliphatic rings. The van der Waals surface area contributed by atoms with E-state index < -0.39 is 0 Å². The van der Waals surface area contributed by atoms with Crippen LogP contribution in [0.4, 0.5) is 11.8 Å². The fraction of sp³-hybridized carbons (Fsp3) is 0.526. The van der Waals surface area contributed by atoms with Crippen molar-refractivity contribution in [3.8, 4) is 0 Å². The number of fused-ring (bicyclic) bond motifs is 1. The average molecular weight is 385 g/mol. The smallest absolute Gasteiger partial charge is 0.226 e. The molecule has 9 nitrogen and oxygen atoms in total. The Morgan fingerprint density at radius 1 is 1.25 bits per heavy atom. The van der Waals surface area contributed by atoms with Crippen molar-refractivity contribution in [3.05, 3.63) is 30.5 Å². The van der Waals surface area contributed by atoms with Crippen LogP contribution in [0.1, 0.15) is 31.3 Å². The van der Waals surface area contributed by atoms with Gasteiger partial charge in [-0.25, -0.2) is 4.98 Å². The number of anilines is 2. The van der Waals surface area contributed by atoms with Gasteiger partial charge in [-0.2, -0.15) is 9.97 Å². The molecule has 3 aromatic heterocycles. The third kappa shape index (κ3) is 4.26. The van der Waals surface area contributed by atoms with Crippen molar-refractivity contribution in [2.75, 3.05) is 44.4 Å². The second kappa shape index (κ2) is 8.57. The quantitative estimate of drug-likeness (QED) is 0.611. The Morgan fingerprint density at radius 2 is 2.18 bits per heavy atom. The summed E-state index contributed by atoms with van der Waals surface area (Å²) in [5, 5.41) is 6.65. The summed E-state index contributed by atoms with van der Waals surface area (Å²) in [4.78, 5) is 16.1. The molecule has 0 amide bonds. The molecular weight excluding hydrogens is 358 g/mol. The van der Waals surface area contributed by atoms with Crippen molar-refractivity contribution >= 4 is 22.9 Å². The van der Waals surface area contributed by atoms with Gasteiger partial charge in [-0.1, -0.05) is 0 Å². The van der Waals surface area contributed by atoms with E-state index in [0.717, 1.165) is 55.9 Å². The molecule has 2 N–H and O–H groups in total. The first-order valence-corrected chi connectivity index (χ1v) is 9.72. The summed E-state index contributed by atoms with van der Waals surface area (Å²) in [7, 11) is 4.08. The van der Waals surface area contributed by atoms with Gasteiger partial charge in [-0.05, 0) is 45.5 Å². The van der Waals surface area contributed by atoms with Gasteiger partial charge >= 0.3 is 0 Å². The van der Waals surface area contributed by atoms with Crippen LogP contribution in [-0.2, 0) is 11.3 Å². The van der Waals surface area contributed by atoms with Crippen LogP contribution in [-0.4, -0.2) is 58.2 Å². The summed E-state index contributed by atoms with van der Waals surface area (Å²) in [6, 6.07) is 3.80. The highest BCUT2D eigenvalue weighted by atomic mass is 16.5. The molecule has 1 fully saturated rings. The lowest BCUT2D eigenvalue weighted by molar-refractivity contribution is -0.0298. The average Bonchev–Trinajstić information content (AvgIpc) is 3.36. The van der Waals surface area contributed by atoms with Gasteiger partial charge in [0.05, 0.1) is 19.1 Å². The standard InChI is InChI=1S/C19H27N7O2/c1-25(2)9-8-20-19-23-17(21-12-14-6-5-11-27-14)16-18(24-19)26(13-22-16)15-7-3-4-10-28-15/h5-6,11,13,15H,3-4,7-10,12H2,1-2H3,(H2,20,21,23,24). The number of nitrogens with zero attached hydrogens (tertiary/aromatic N) is 5. The maximum Gasteiger partial charge on any atom is 0.226 e. The van der Waals surface area contributed by atoms with Gasteiger partial charge in [0.2, 0.25) is 5.95 Å². The molecule has 4 rings (SSSR count). The van der Waals surface area contributed by atoms with Gasteiger partial charge in [0.1, 0.15) is 12.0 Å². The summed E-state index contributed by atoms with van der Waals surface area (Å²) >= 11 is 0. The minimum Gasteiger partial charge on any atom is -0.467 e. The maximum absolute atomic E-state index is 5.94. The first kappa shape index (κ1) is 18.7. The first-order valence-electron chi connectivity index (χ1n) is 9.72. The number of aromatic nitrogens is 4. The molecule has 0 saturated carbocycles. The van der Waals surface area contributed by atoms with Gasteiger partial charge in [0.15, 0.2) is 17.0 Å². The summed E-state index contributed by atoms with van der Waals surface area (Å²) in [5.74, 6) is 2.10. The van der Waals surface area contributed by atoms with Gasteiger partial charge in [-0.15, -0.1) is 0 Å². The predicted octanol–water partition coefficient (Wildman–Crippen LogP) is 2.70. The molecule has 150 valence electrons. The summed E-state index contributed by atoms with van der Waals surface area (Å²) < 4.78 is 13.4. The second-order valence-corrected chi connectivity index (χ2v) is 7.20. The third-order valence-electron chi connectivity index (χ3n) is 4.74. The molecule has 4 heterocycles. The highest BCUT2D eigenvalue weighted by Crippen LogP contribution is 2.28. The Balaban J connectivity index is 1.63. The topological polar surface area (TPSA) is 93.3 Å². The van der Waals surface area contributed by atoms with Gasteiger partial charge < -0.3 is 24.7 Å². The SMILES string of the molecule is CN(C)CCNc1nc(NCc2ccco2)c2ncn(C3CCCCO3)c2n1. The minimum absolute atomic E-state index is 0.0267. The number of imidazole rings is 1. The number of rotatable bonds is 8. The third-order valence-corrected chi connectivity index (χ3v) is 4.74. The Morgan fingerprint density at radius 3 is 2.93 bits per heavy atom. The number of hydrogen-bond donors (Lipinski definition) is 2. The van der Waals surface area contributed by atoms with Crippen LogP contribution in [0, 0.1) is 0 Å². The largest absolute Gasteiger partial charge is 0.467 e. The van der Waals surface area contributed by atoms with E-state index in [1.165, 1.54) is 0 Å². The molecule has 1 atom stereocenters. The number of likely N-dealkylation sites (N-methyl/N-ethyl adjacent to an activating group) is 1. The normalized spacial score (nSPS) is 17.3. The molecule has 0 radical (unpaired) electrons. The molecule has 28 heavy (non-hydrogen) atoms. The zero-order chi connectivity index (χ0) is 19.3. The molecule has 0 bridgehead atoms. The second-order valence-electron chi connectivity index (χ2n) is 7.20. The van der Waals surface area contributed by atoms with Crippen molar-refractivity contribution < 1.29 is 9.15 Å². The van der Waals surface area contributed by atoms with Gasteiger partial charge in [-0.3, -0.25) is 4.57 Å². The van der Waals surface area contributed by atoms with Crippen molar-refractivity contribution in [3.63, 3.8) is 0 Å². The molecule has 9 heteroatoms. The van der Waals surface area contributed by atoms with Crippen LogP contribution in [0.25, 0.3) is 11.2 Å². The van der Waals surface area contributed by atoms with Crippen LogP contribution in [0.2, 0.25) is 0 Å². The Hall–Kier alpha value is -2.65. The molecule has 0 aromatic carbocycles. The number of nitrogens with one attached hydrogen (secondary N) is 2. The van der Waals surface area contributed by atoms with E-state index in [-0.39, 0.29) is 6.23 Å². The van der Waals surface area contributed by atoms with E-state index in [0.29, 0.717) is 18.3 Å². The summed E-state index contributed by atoms with van der Waals surface area (Å²) in [5.41, 5.74) is 1.51. The lowest BCUT2D eigenvalue weighted by Crippen LogP contribution is -2.22. The highest BCUT2D eigenvalue weighted by Gasteiger charge is 2.21. The fourth-order valence-corrected chi connectivity index (χ4v) is 3.25. The van der Waals surface area contributed by atoms with Crippen molar-refractivity contribution in [2.45, 2.75) is 32.0 Å².